The van der Waals surface area contributed by atoms with Gasteiger partial charge in [-0.15, -0.1) is 0 Å². The first-order valence-electron chi connectivity index (χ1n) is 6.80. The summed E-state index contributed by atoms with van der Waals surface area (Å²) in [5.41, 5.74) is 0.136. The fourth-order valence-electron chi connectivity index (χ4n) is 2.79. The normalized spacial score (nSPS) is 20.2. The Morgan fingerprint density at radius 1 is 1.18 bits per heavy atom. The molecule has 0 aromatic heterocycles. The van der Waals surface area contributed by atoms with Crippen LogP contribution >= 0.6 is 15.9 Å². The van der Waals surface area contributed by atoms with Crippen molar-refractivity contribution in [3.05, 3.63) is 63.6 Å². The number of rotatable bonds is 1. The summed E-state index contributed by atoms with van der Waals surface area (Å²) in [5, 5.41) is 11.1. The number of carbonyl (C=O) groups excluding carboxylic acids is 2. The topological polar surface area (TPSA) is 57.6 Å². The van der Waals surface area contributed by atoms with Crippen LogP contribution in [-0.2, 0) is 10.5 Å². The lowest BCUT2D eigenvalue weighted by Crippen LogP contribution is -2.50. The largest absolute Gasteiger partial charge is 0.360 e. The summed E-state index contributed by atoms with van der Waals surface area (Å²) in [6, 6.07) is 12.0. The van der Waals surface area contributed by atoms with E-state index in [1.165, 1.54) is 6.92 Å². The number of ketones is 1. The van der Waals surface area contributed by atoms with E-state index in [1.54, 1.807) is 42.5 Å². The Labute approximate surface area is 136 Å². The van der Waals surface area contributed by atoms with Crippen LogP contribution in [0.5, 0.6) is 0 Å². The highest BCUT2D eigenvalue weighted by molar-refractivity contribution is 9.10. The number of hydrogen-bond acceptors (Lipinski definition) is 3. The van der Waals surface area contributed by atoms with Gasteiger partial charge in [-0.1, -0.05) is 45.8 Å². The third kappa shape index (κ3) is 2.01. The number of halogens is 1. The summed E-state index contributed by atoms with van der Waals surface area (Å²) in [7, 11) is 0. The van der Waals surface area contributed by atoms with Gasteiger partial charge in [0.1, 0.15) is 0 Å². The predicted octanol–water partition coefficient (Wildman–Crippen LogP) is 3.15. The highest BCUT2D eigenvalue weighted by Crippen LogP contribution is 2.44. The van der Waals surface area contributed by atoms with Crippen molar-refractivity contribution in [2.24, 2.45) is 0 Å². The molecule has 0 fully saturated rings. The minimum Gasteiger partial charge on any atom is -0.360 e. The Hall–Kier alpha value is -1.98. The highest BCUT2D eigenvalue weighted by Gasteiger charge is 2.53. The van der Waals surface area contributed by atoms with E-state index in [0.29, 0.717) is 16.8 Å². The van der Waals surface area contributed by atoms with E-state index < -0.39 is 17.4 Å². The number of anilines is 1. The van der Waals surface area contributed by atoms with Crippen molar-refractivity contribution in [2.75, 3.05) is 4.90 Å². The lowest BCUT2D eigenvalue weighted by molar-refractivity contribution is -0.120. The van der Waals surface area contributed by atoms with E-state index in [4.69, 9.17) is 0 Å². The fraction of sp³-hybridized carbons (Fsp3) is 0.176. The SMILES string of the molecule is CC(=O)N1c2ccc(Br)cc2C(=O)C1(O)c1ccc(C)cc1. The van der Waals surface area contributed by atoms with Gasteiger partial charge in [-0.2, -0.15) is 0 Å². The summed E-state index contributed by atoms with van der Waals surface area (Å²) in [5.74, 6) is -0.889. The van der Waals surface area contributed by atoms with Gasteiger partial charge in [-0.25, -0.2) is 0 Å². The molecule has 0 saturated heterocycles. The zero-order chi connectivity index (χ0) is 16.1. The maximum atomic E-state index is 12.8. The molecule has 1 aliphatic heterocycles. The maximum absolute atomic E-state index is 12.8. The number of carbonyl (C=O) groups is 2. The molecule has 0 saturated carbocycles. The van der Waals surface area contributed by atoms with Crippen molar-refractivity contribution < 1.29 is 14.7 Å². The molecule has 4 nitrogen and oxygen atoms in total. The quantitative estimate of drug-likeness (QED) is 0.850. The number of Topliss-reactive ketones (excluding diaryl/α,β-unsaturated/α-hetero) is 1. The van der Waals surface area contributed by atoms with Crippen molar-refractivity contribution in [3.8, 4) is 0 Å². The van der Waals surface area contributed by atoms with Gasteiger partial charge in [0.15, 0.2) is 0 Å². The number of aryl methyl sites for hydroxylation is 1. The zero-order valence-electron chi connectivity index (χ0n) is 12.1. The number of hydrogen-bond donors (Lipinski definition) is 1. The van der Waals surface area contributed by atoms with Crippen molar-refractivity contribution in [3.63, 3.8) is 0 Å². The molecule has 1 N–H and O–H groups in total. The number of nitrogens with zero attached hydrogens (tertiary/aromatic N) is 1. The van der Waals surface area contributed by atoms with Gasteiger partial charge in [-0.05, 0) is 25.1 Å². The van der Waals surface area contributed by atoms with E-state index in [1.807, 2.05) is 6.92 Å². The molecule has 0 aliphatic carbocycles. The van der Waals surface area contributed by atoms with Gasteiger partial charge in [0, 0.05) is 22.5 Å². The Bertz CT molecular complexity index is 785. The van der Waals surface area contributed by atoms with Crippen LogP contribution in [0.4, 0.5) is 5.69 Å². The second-order valence-corrected chi connectivity index (χ2v) is 6.30. The van der Waals surface area contributed by atoms with Crippen LogP contribution in [0.25, 0.3) is 0 Å². The first kappa shape index (κ1) is 14.9. The van der Waals surface area contributed by atoms with Crippen LogP contribution < -0.4 is 4.90 Å². The van der Waals surface area contributed by atoms with Crippen LogP contribution in [0, 0.1) is 6.92 Å². The van der Waals surface area contributed by atoms with Crippen LogP contribution in [0.3, 0.4) is 0 Å². The second-order valence-electron chi connectivity index (χ2n) is 5.38. The number of aliphatic hydroxyl groups is 1. The van der Waals surface area contributed by atoms with Crippen molar-refractivity contribution in [1.82, 2.24) is 0 Å². The molecule has 1 heterocycles. The third-order valence-corrected chi connectivity index (χ3v) is 4.35. The summed E-state index contributed by atoms with van der Waals surface area (Å²) in [6.45, 7) is 3.25. The first-order valence-corrected chi connectivity index (χ1v) is 7.59. The molecule has 22 heavy (non-hydrogen) atoms. The average Bonchev–Trinajstić information content (AvgIpc) is 2.69. The number of benzene rings is 2. The van der Waals surface area contributed by atoms with Gasteiger partial charge >= 0.3 is 0 Å². The Balaban J connectivity index is 2.25. The van der Waals surface area contributed by atoms with Gasteiger partial charge in [0.25, 0.3) is 0 Å². The summed E-state index contributed by atoms with van der Waals surface area (Å²) in [4.78, 5) is 26.1. The van der Waals surface area contributed by atoms with Gasteiger partial charge < -0.3 is 5.11 Å². The lowest BCUT2D eigenvalue weighted by atomic mass is 9.96. The van der Waals surface area contributed by atoms with Gasteiger partial charge in [-0.3, -0.25) is 14.5 Å². The van der Waals surface area contributed by atoms with E-state index in [9.17, 15) is 14.7 Å². The molecular formula is C17H14BrNO3. The van der Waals surface area contributed by atoms with Crippen LogP contribution in [0.15, 0.2) is 46.9 Å². The highest BCUT2D eigenvalue weighted by atomic mass is 79.9. The predicted molar refractivity (Wildman–Crippen MR) is 86.7 cm³/mol. The second kappa shape index (κ2) is 5.04. The average molecular weight is 360 g/mol. The summed E-state index contributed by atoms with van der Waals surface area (Å²) >= 11 is 3.32. The van der Waals surface area contributed by atoms with Crippen LogP contribution in [0.1, 0.15) is 28.4 Å². The Morgan fingerprint density at radius 3 is 2.41 bits per heavy atom. The lowest BCUT2D eigenvalue weighted by Gasteiger charge is -2.32. The molecule has 5 heteroatoms. The number of amides is 1. The van der Waals surface area contributed by atoms with E-state index in [2.05, 4.69) is 15.9 Å². The van der Waals surface area contributed by atoms with E-state index >= 15 is 0 Å². The molecule has 1 unspecified atom stereocenters. The molecule has 2 aromatic carbocycles. The molecule has 2 aromatic rings. The molecule has 112 valence electrons. The molecule has 1 atom stereocenters. The van der Waals surface area contributed by atoms with Crippen molar-refractivity contribution in [1.29, 1.82) is 0 Å². The maximum Gasteiger partial charge on any atom is 0.236 e. The number of fused-ring (bicyclic) bond motifs is 1. The monoisotopic (exact) mass is 359 g/mol. The summed E-state index contributed by atoms with van der Waals surface area (Å²) in [6.07, 6.45) is 0. The third-order valence-electron chi connectivity index (χ3n) is 3.85. The molecule has 1 aliphatic rings. The molecular weight excluding hydrogens is 346 g/mol. The standard InChI is InChI=1S/C17H14BrNO3/c1-10-3-5-12(6-4-10)17(22)16(21)14-9-13(18)7-8-15(14)19(17)11(2)20/h3-9,22H,1-2H3. The fourth-order valence-corrected chi connectivity index (χ4v) is 3.15. The van der Waals surface area contributed by atoms with E-state index in [-0.39, 0.29) is 0 Å². The molecule has 1 amide bonds. The minimum absolute atomic E-state index is 0.327. The zero-order valence-corrected chi connectivity index (χ0v) is 13.7. The Kier molecular flexibility index (Phi) is 3.42. The molecule has 0 radical (unpaired) electrons. The van der Waals surface area contributed by atoms with Crippen LogP contribution in [0.2, 0.25) is 0 Å². The first-order chi connectivity index (χ1) is 10.4. The Morgan fingerprint density at radius 2 is 1.82 bits per heavy atom. The molecule has 0 bridgehead atoms. The smallest absolute Gasteiger partial charge is 0.236 e. The minimum atomic E-state index is -2.00. The summed E-state index contributed by atoms with van der Waals surface area (Å²) < 4.78 is 0.719. The van der Waals surface area contributed by atoms with Crippen molar-refractivity contribution >= 4 is 33.3 Å². The van der Waals surface area contributed by atoms with Gasteiger partial charge in [0.2, 0.25) is 17.4 Å². The van der Waals surface area contributed by atoms with Crippen molar-refractivity contribution in [2.45, 2.75) is 19.6 Å². The van der Waals surface area contributed by atoms with Gasteiger partial charge in [0.05, 0.1) is 5.69 Å². The molecule has 0 spiro atoms. The van der Waals surface area contributed by atoms with E-state index in [0.717, 1.165) is 14.9 Å². The molecule has 3 rings (SSSR count). The van der Waals surface area contributed by atoms with Crippen LogP contribution in [-0.4, -0.2) is 16.8 Å².